The predicted molar refractivity (Wildman–Crippen MR) is 75.2 cm³/mol. The van der Waals surface area contributed by atoms with Crippen LogP contribution >= 0.6 is 0 Å². The molecule has 0 aromatic heterocycles. The normalized spacial score (nSPS) is 23.9. The Hall–Kier alpha value is -1.10. The highest BCUT2D eigenvalue weighted by atomic mass is 16.2. The Morgan fingerprint density at radius 3 is 2.32 bits per heavy atom. The van der Waals surface area contributed by atoms with Crippen LogP contribution < -0.4 is 16.8 Å². The summed E-state index contributed by atoms with van der Waals surface area (Å²) in [6.07, 6.45) is 5.83. The molecule has 0 heterocycles. The average molecular weight is 269 g/mol. The van der Waals surface area contributed by atoms with Crippen LogP contribution in [0, 0.1) is 11.3 Å². The third-order valence-corrected chi connectivity index (χ3v) is 4.07. The number of amides is 2. The van der Waals surface area contributed by atoms with Gasteiger partial charge in [0.2, 0.25) is 11.8 Å². The quantitative estimate of drug-likeness (QED) is 0.668. The Kier molecular flexibility index (Phi) is 5.79. The van der Waals surface area contributed by atoms with Crippen molar-refractivity contribution in [1.29, 1.82) is 0 Å². The molecule has 0 radical (unpaired) electrons. The van der Waals surface area contributed by atoms with E-state index in [0.29, 0.717) is 24.9 Å². The van der Waals surface area contributed by atoms with E-state index in [1.54, 1.807) is 13.8 Å². The fraction of sp³-hybridized carbons (Fsp3) is 0.857. The second-order valence-corrected chi connectivity index (χ2v) is 6.34. The Bertz CT molecular complexity index is 321. The van der Waals surface area contributed by atoms with Gasteiger partial charge in [-0.15, -0.1) is 0 Å². The Balaban J connectivity index is 2.20. The van der Waals surface area contributed by atoms with Crippen molar-refractivity contribution in [2.75, 3.05) is 6.54 Å². The lowest BCUT2D eigenvalue weighted by atomic mass is 9.84. The second kappa shape index (κ2) is 6.89. The van der Waals surface area contributed by atoms with Gasteiger partial charge in [0.1, 0.15) is 0 Å². The maximum absolute atomic E-state index is 11.7. The molecule has 0 aliphatic heterocycles. The van der Waals surface area contributed by atoms with Gasteiger partial charge in [0.05, 0.1) is 5.41 Å². The van der Waals surface area contributed by atoms with Crippen LogP contribution in [0.15, 0.2) is 0 Å². The van der Waals surface area contributed by atoms with Crippen LogP contribution in [-0.4, -0.2) is 24.4 Å². The van der Waals surface area contributed by atoms with E-state index in [-0.39, 0.29) is 5.91 Å². The van der Waals surface area contributed by atoms with E-state index in [4.69, 9.17) is 11.5 Å². The van der Waals surface area contributed by atoms with Crippen LogP contribution in [0.1, 0.15) is 52.4 Å². The standard InChI is InChI=1S/C14H27N3O2/c1-14(2,13(16)19)9-17-12(18)8-5-10-3-6-11(15)7-4-10/h10-11H,3-9,15H2,1-2H3,(H2,16,19)(H,17,18). The zero-order chi connectivity index (χ0) is 14.5. The van der Waals surface area contributed by atoms with Gasteiger partial charge in [-0.3, -0.25) is 9.59 Å². The zero-order valence-corrected chi connectivity index (χ0v) is 12.1. The highest BCUT2D eigenvalue weighted by Gasteiger charge is 2.25. The first-order chi connectivity index (χ1) is 8.81. The van der Waals surface area contributed by atoms with Crippen molar-refractivity contribution in [2.45, 2.75) is 58.4 Å². The summed E-state index contributed by atoms with van der Waals surface area (Å²) < 4.78 is 0. The van der Waals surface area contributed by atoms with Crippen molar-refractivity contribution in [3.8, 4) is 0 Å². The summed E-state index contributed by atoms with van der Waals surface area (Å²) in [5.74, 6) is 0.230. The third kappa shape index (κ3) is 5.59. The maximum Gasteiger partial charge on any atom is 0.224 e. The molecular formula is C14H27N3O2. The van der Waals surface area contributed by atoms with Gasteiger partial charge in [-0.1, -0.05) is 0 Å². The first kappa shape index (κ1) is 16.0. The number of carbonyl (C=O) groups is 2. The van der Waals surface area contributed by atoms with Crippen molar-refractivity contribution in [2.24, 2.45) is 22.8 Å². The van der Waals surface area contributed by atoms with E-state index in [2.05, 4.69) is 5.32 Å². The molecule has 1 saturated carbocycles. The summed E-state index contributed by atoms with van der Waals surface area (Å²) in [6.45, 7) is 3.77. The fourth-order valence-electron chi connectivity index (χ4n) is 2.31. The van der Waals surface area contributed by atoms with Crippen LogP contribution in [0.2, 0.25) is 0 Å². The summed E-state index contributed by atoms with van der Waals surface area (Å²) in [5, 5.41) is 2.79. The van der Waals surface area contributed by atoms with Gasteiger partial charge in [-0.2, -0.15) is 0 Å². The Morgan fingerprint density at radius 2 is 1.79 bits per heavy atom. The number of hydrogen-bond acceptors (Lipinski definition) is 3. The molecular weight excluding hydrogens is 242 g/mol. The van der Waals surface area contributed by atoms with Gasteiger partial charge < -0.3 is 16.8 Å². The summed E-state index contributed by atoms with van der Waals surface area (Å²) in [7, 11) is 0. The number of nitrogens with two attached hydrogens (primary N) is 2. The summed E-state index contributed by atoms with van der Waals surface area (Å²) >= 11 is 0. The number of hydrogen-bond donors (Lipinski definition) is 3. The van der Waals surface area contributed by atoms with E-state index in [1.807, 2.05) is 0 Å². The minimum absolute atomic E-state index is 0.00389. The number of nitrogens with one attached hydrogen (secondary N) is 1. The van der Waals surface area contributed by atoms with E-state index >= 15 is 0 Å². The summed E-state index contributed by atoms with van der Waals surface area (Å²) in [4.78, 5) is 22.9. The predicted octanol–water partition coefficient (Wildman–Crippen LogP) is 0.912. The molecule has 2 amide bonds. The van der Waals surface area contributed by atoms with Gasteiger partial charge >= 0.3 is 0 Å². The minimum Gasteiger partial charge on any atom is -0.369 e. The van der Waals surface area contributed by atoms with Crippen molar-refractivity contribution in [1.82, 2.24) is 5.32 Å². The molecule has 0 spiro atoms. The largest absolute Gasteiger partial charge is 0.369 e. The molecule has 0 saturated heterocycles. The molecule has 1 fully saturated rings. The van der Waals surface area contributed by atoms with Crippen LogP contribution in [-0.2, 0) is 9.59 Å². The topological polar surface area (TPSA) is 98.2 Å². The number of carbonyl (C=O) groups excluding carboxylic acids is 2. The highest BCUT2D eigenvalue weighted by molar-refractivity contribution is 5.82. The van der Waals surface area contributed by atoms with E-state index < -0.39 is 11.3 Å². The smallest absolute Gasteiger partial charge is 0.224 e. The Labute approximate surface area is 115 Å². The number of rotatable bonds is 6. The molecule has 5 N–H and O–H groups in total. The van der Waals surface area contributed by atoms with Crippen molar-refractivity contribution < 1.29 is 9.59 Å². The van der Waals surface area contributed by atoms with Crippen LogP contribution in [0.25, 0.3) is 0 Å². The van der Waals surface area contributed by atoms with E-state index in [1.165, 1.54) is 0 Å². The summed E-state index contributed by atoms with van der Waals surface area (Å²) in [6, 6.07) is 0.349. The first-order valence-electron chi connectivity index (χ1n) is 7.13. The van der Waals surface area contributed by atoms with E-state index in [9.17, 15) is 9.59 Å². The minimum atomic E-state index is -0.687. The second-order valence-electron chi connectivity index (χ2n) is 6.34. The lowest BCUT2D eigenvalue weighted by Gasteiger charge is -2.26. The Morgan fingerprint density at radius 1 is 1.21 bits per heavy atom. The van der Waals surface area contributed by atoms with Crippen molar-refractivity contribution in [3.05, 3.63) is 0 Å². The SMILES string of the molecule is CC(C)(CNC(=O)CCC1CCC(N)CC1)C(N)=O. The lowest BCUT2D eigenvalue weighted by molar-refractivity contribution is -0.127. The highest BCUT2D eigenvalue weighted by Crippen LogP contribution is 2.26. The van der Waals surface area contributed by atoms with E-state index in [0.717, 1.165) is 32.1 Å². The van der Waals surface area contributed by atoms with Crippen LogP contribution in [0.4, 0.5) is 0 Å². The fourth-order valence-corrected chi connectivity index (χ4v) is 2.31. The lowest BCUT2D eigenvalue weighted by Crippen LogP contribution is -2.42. The molecule has 0 atom stereocenters. The number of primary amides is 1. The maximum atomic E-state index is 11.7. The molecule has 19 heavy (non-hydrogen) atoms. The average Bonchev–Trinajstić information content (AvgIpc) is 2.35. The zero-order valence-electron chi connectivity index (χ0n) is 12.1. The van der Waals surface area contributed by atoms with Gasteiger partial charge in [0.15, 0.2) is 0 Å². The van der Waals surface area contributed by atoms with Crippen molar-refractivity contribution >= 4 is 11.8 Å². The monoisotopic (exact) mass is 269 g/mol. The van der Waals surface area contributed by atoms with Gasteiger partial charge in [-0.25, -0.2) is 0 Å². The molecule has 0 aromatic rings. The molecule has 110 valence electrons. The molecule has 0 bridgehead atoms. The third-order valence-electron chi connectivity index (χ3n) is 4.07. The van der Waals surface area contributed by atoms with Gasteiger partial charge in [0, 0.05) is 19.0 Å². The van der Waals surface area contributed by atoms with Gasteiger partial charge in [0.25, 0.3) is 0 Å². The van der Waals surface area contributed by atoms with Crippen molar-refractivity contribution in [3.63, 3.8) is 0 Å². The molecule has 5 heteroatoms. The van der Waals surface area contributed by atoms with Crippen LogP contribution in [0.3, 0.4) is 0 Å². The molecule has 1 aliphatic carbocycles. The first-order valence-corrected chi connectivity index (χ1v) is 7.13. The molecule has 1 rings (SSSR count). The molecule has 0 aromatic carbocycles. The van der Waals surface area contributed by atoms with Crippen LogP contribution in [0.5, 0.6) is 0 Å². The molecule has 1 aliphatic rings. The molecule has 5 nitrogen and oxygen atoms in total. The molecule has 0 unspecified atom stereocenters. The van der Waals surface area contributed by atoms with Gasteiger partial charge in [-0.05, 0) is 51.9 Å². The summed E-state index contributed by atoms with van der Waals surface area (Å²) in [5.41, 5.74) is 10.4.